The second kappa shape index (κ2) is 6.27. The summed E-state index contributed by atoms with van der Waals surface area (Å²) in [6, 6.07) is 11.1. The predicted octanol–water partition coefficient (Wildman–Crippen LogP) is 2.18. The number of hydrogen-bond donors (Lipinski definition) is 1. The van der Waals surface area contributed by atoms with Gasteiger partial charge in [-0.15, -0.1) is 0 Å². The molecule has 25 heavy (non-hydrogen) atoms. The molecule has 4 rings (SSSR count). The molecule has 0 spiro atoms. The lowest BCUT2D eigenvalue weighted by molar-refractivity contribution is 0.0948. The first kappa shape index (κ1) is 15.2. The van der Waals surface area contributed by atoms with Crippen molar-refractivity contribution >= 4 is 17.8 Å². The molecule has 0 unspecified atom stereocenters. The molecule has 0 bridgehead atoms. The number of ether oxygens (including phenoxy) is 2. The molecule has 1 aliphatic heterocycles. The summed E-state index contributed by atoms with van der Waals surface area (Å²) in [6.07, 6.45) is 3.36. The molecule has 0 saturated carbocycles. The van der Waals surface area contributed by atoms with Crippen LogP contribution in [0.2, 0.25) is 0 Å². The first-order valence-electron chi connectivity index (χ1n) is 7.89. The van der Waals surface area contributed by atoms with Gasteiger partial charge >= 0.3 is 0 Å². The summed E-state index contributed by atoms with van der Waals surface area (Å²) >= 11 is 0. The number of rotatable bonds is 3. The third-order valence-electron chi connectivity index (χ3n) is 3.87. The standard InChI is InChI=1S/C18H16N4O3/c1-12-17(22-7-3-2-4-16(22)20-12)18(23)21-19-11-13-5-6-14-15(10-13)25-9-8-24-14/h2-7,10-11H,8-9H2,1H3,(H,21,23)/b19-11-. The van der Waals surface area contributed by atoms with Crippen LogP contribution in [0, 0.1) is 6.92 Å². The van der Waals surface area contributed by atoms with Gasteiger partial charge in [-0.3, -0.25) is 9.20 Å². The number of amides is 1. The molecule has 1 amide bonds. The van der Waals surface area contributed by atoms with Gasteiger partial charge in [0.1, 0.15) is 24.6 Å². The zero-order chi connectivity index (χ0) is 17.2. The van der Waals surface area contributed by atoms with Gasteiger partial charge in [-0.05, 0) is 42.8 Å². The van der Waals surface area contributed by atoms with Crippen LogP contribution in [0.4, 0.5) is 0 Å². The average Bonchev–Trinajstić information content (AvgIpc) is 2.97. The van der Waals surface area contributed by atoms with Crippen LogP contribution in [0.15, 0.2) is 47.7 Å². The van der Waals surface area contributed by atoms with Crippen LogP contribution < -0.4 is 14.9 Å². The molecular weight excluding hydrogens is 320 g/mol. The summed E-state index contributed by atoms with van der Waals surface area (Å²) in [6.45, 7) is 2.87. The van der Waals surface area contributed by atoms with Crippen LogP contribution in [0.5, 0.6) is 11.5 Å². The number of nitrogens with zero attached hydrogens (tertiary/aromatic N) is 3. The Morgan fingerprint density at radius 2 is 2.08 bits per heavy atom. The van der Waals surface area contributed by atoms with Crippen molar-refractivity contribution in [1.82, 2.24) is 14.8 Å². The summed E-state index contributed by atoms with van der Waals surface area (Å²) in [5.41, 5.74) is 5.19. The summed E-state index contributed by atoms with van der Waals surface area (Å²) in [5, 5.41) is 4.03. The van der Waals surface area contributed by atoms with Crippen LogP contribution in [0.3, 0.4) is 0 Å². The van der Waals surface area contributed by atoms with E-state index < -0.39 is 0 Å². The van der Waals surface area contributed by atoms with Crippen LogP contribution in [-0.2, 0) is 0 Å². The molecule has 126 valence electrons. The molecule has 2 aromatic heterocycles. The Morgan fingerprint density at radius 3 is 2.96 bits per heavy atom. The predicted molar refractivity (Wildman–Crippen MR) is 92.4 cm³/mol. The van der Waals surface area contributed by atoms with Gasteiger partial charge in [-0.25, -0.2) is 10.4 Å². The van der Waals surface area contributed by atoms with Crippen molar-refractivity contribution in [3.63, 3.8) is 0 Å². The smallest absolute Gasteiger partial charge is 0.290 e. The number of fused-ring (bicyclic) bond motifs is 2. The van der Waals surface area contributed by atoms with Crippen molar-refractivity contribution < 1.29 is 14.3 Å². The number of imidazole rings is 1. The van der Waals surface area contributed by atoms with Crippen LogP contribution in [-0.4, -0.2) is 34.7 Å². The highest BCUT2D eigenvalue weighted by Crippen LogP contribution is 2.30. The number of aryl methyl sites for hydroxylation is 1. The monoisotopic (exact) mass is 336 g/mol. The van der Waals surface area contributed by atoms with Crippen LogP contribution >= 0.6 is 0 Å². The lowest BCUT2D eigenvalue weighted by Crippen LogP contribution is -2.20. The average molecular weight is 336 g/mol. The lowest BCUT2D eigenvalue weighted by Gasteiger charge is -2.18. The Bertz CT molecular complexity index is 978. The first-order valence-corrected chi connectivity index (χ1v) is 7.89. The maximum absolute atomic E-state index is 12.4. The van der Waals surface area contributed by atoms with Gasteiger partial charge in [0, 0.05) is 6.20 Å². The fraction of sp³-hybridized carbons (Fsp3) is 0.167. The SMILES string of the molecule is Cc1nc2ccccn2c1C(=O)N/N=C\c1ccc2c(c1)OCCO2. The normalized spacial score (nSPS) is 13.3. The molecule has 3 aromatic rings. The number of hydrogen-bond acceptors (Lipinski definition) is 5. The van der Waals surface area contributed by atoms with Gasteiger partial charge in [-0.2, -0.15) is 5.10 Å². The van der Waals surface area contributed by atoms with Crippen LogP contribution in [0.1, 0.15) is 21.7 Å². The molecule has 0 fully saturated rings. The van der Waals surface area contributed by atoms with Crippen molar-refractivity contribution in [2.75, 3.05) is 13.2 Å². The first-order chi connectivity index (χ1) is 12.2. The molecule has 1 N–H and O–H groups in total. The molecule has 1 aromatic carbocycles. The highest BCUT2D eigenvalue weighted by Gasteiger charge is 2.15. The molecule has 0 saturated heterocycles. The minimum atomic E-state index is -0.315. The van der Waals surface area contributed by atoms with Crippen molar-refractivity contribution in [2.24, 2.45) is 5.10 Å². The molecule has 7 heteroatoms. The second-order valence-electron chi connectivity index (χ2n) is 5.58. The second-order valence-corrected chi connectivity index (χ2v) is 5.58. The third kappa shape index (κ3) is 2.91. The van der Waals surface area contributed by atoms with Gasteiger partial charge < -0.3 is 9.47 Å². The van der Waals surface area contributed by atoms with E-state index in [4.69, 9.17) is 9.47 Å². The summed E-state index contributed by atoms with van der Waals surface area (Å²) < 4.78 is 12.7. The Hall–Kier alpha value is -3.35. The van der Waals surface area contributed by atoms with E-state index in [2.05, 4.69) is 15.5 Å². The quantitative estimate of drug-likeness (QED) is 0.587. The van der Waals surface area contributed by atoms with E-state index in [0.29, 0.717) is 36.1 Å². The summed E-state index contributed by atoms with van der Waals surface area (Å²) in [4.78, 5) is 16.8. The van der Waals surface area contributed by atoms with Crippen molar-refractivity contribution in [3.8, 4) is 11.5 Å². The van der Waals surface area contributed by atoms with Gasteiger partial charge in [0.25, 0.3) is 5.91 Å². The summed E-state index contributed by atoms with van der Waals surface area (Å²) in [7, 11) is 0. The van der Waals surface area contributed by atoms with E-state index in [1.807, 2.05) is 36.4 Å². The largest absolute Gasteiger partial charge is 0.486 e. The fourth-order valence-corrected chi connectivity index (χ4v) is 2.75. The van der Waals surface area contributed by atoms with Gasteiger partial charge in [0.15, 0.2) is 11.5 Å². The van der Waals surface area contributed by atoms with E-state index in [1.54, 1.807) is 23.7 Å². The maximum atomic E-state index is 12.4. The van der Waals surface area contributed by atoms with E-state index in [0.717, 1.165) is 11.2 Å². The van der Waals surface area contributed by atoms with Crippen LogP contribution in [0.25, 0.3) is 5.65 Å². The Kier molecular flexibility index (Phi) is 3.81. The molecule has 0 atom stereocenters. The van der Waals surface area contributed by atoms with Gasteiger partial charge in [-0.1, -0.05) is 6.07 Å². The highest BCUT2D eigenvalue weighted by atomic mass is 16.6. The van der Waals surface area contributed by atoms with E-state index in [-0.39, 0.29) is 5.91 Å². The number of carbonyl (C=O) groups is 1. The number of aromatic nitrogens is 2. The molecule has 7 nitrogen and oxygen atoms in total. The molecule has 1 aliphatic rings. The number of pyridine rings is 1. The minimum absolute atomic E-state index is 0.315. The lowest BCUT2D eigenvalue weighted by atomic mass is 10.2. The molecule has 0 radical (unpaired) electrons. The Morgan fingerprint density at radius 1 is 1.24 bits per heavy atom. The molecule has 3 heterocycles. The number of nitrogens with one attached hydrogen (secondary N) is 1. The summed E-state index contributed by atoms with van der Waals surface area (Å²) in [5.74, 6) is 1.08. The zero-order valence-electron chi connectivity index (χ0n) is 13.6. The molecular formula is C18H16N4O3. The van der Waals surface area contributed by atoms with E-state index in [1.165, 1.54) is 0 Å². The molecule has 0 aliphatic carbocycles. The van der Waals surface area contributed by atoms with Gasteiger partial charge in [0.05, 0.1) is 11.9 Å². The highest BCUT2D eigenvalue weighted by molar-refractivity contribution is 5.95. The minimum Gasteiger partial charge on any atom is -0.486 e. The number of carbonyl (C=O) groups excluding carboxylic acids is 1. The zero-order valence-corrected chi connectivity index (χ0v) is 13.6. The topological polar surface area (TPSA) is 77.2 Å². The Balaban J connectivity index is 1.51. The van der Waals surface area contributed by atoms with Gasteiger partial charge in [0.2, 0.25) is 0 Å². The fourth-order valence-electron chi connectivity index (χ4n) is 2.75. The third-order valence-corrected chi connectivity index (χ3v) is 3.87. The maximum Gasteiger partial charge on any atom is 0.290 e. The van der Waals surface area contributed by atoms with Crippen molar-refractivity contribution in [3.05, 3.63) is 59.5 Å². The van der Waals surface area contributed by atoms with Crippen molar-refractivity contribution in [1.29, 1.82) is 0 Å². The Labute approximate surface area is 143 Å². The number of benzene rings is 1. The van der Waals surface area contributed by atoms with E-state index >= 15 is 0 Å². The van der Waals surface area contributed by atoms with Crippen molar-refractivity contribution in [2.45, 2.75) is 6.92 Å². The number of hydrazone groups is 1. The van der Waals surface area contributed by atoms with E-state index in [9.17, 15) is 4.79 Å².